The predicted octanol–water partition coefficient (Wildman–Crippen LogP) is 3.72. The molecule has 2 aliphatic rings. The van der Waals surface area contributed by atoms with Crippen LogP contribution in [-0.4, -0.2) is 33.0 Å². The molecule has 30 heavy (non-hydrogen) atoms. The zero-order valence-electron chi connectivity index (χ0n) is 17.4. The average Bonchev–Trinajstić information content (AvgIpc) is 2.77. The molecule has 2 aromatic carbocycles. The number of ketones is 1. The molecule has 0 unspecified atom stereocenters. The Morgan fingerprint density at radius 2 is 1.57 bits per heavy atom. The normalized spacial score (nSPS) is 21.0. The third-order valence-corrected chi connectivity index (χ3v) is 5.92. The number of carbonyl (C=O) groups is 2. The first-order valence-electron chi connectivity index (χ1n) is 9.97. The van der Waals surface area contributed by atoms with Crippen molar-refractivity contribution in [1.29, 1.82) is 0 Å². The zero-order chi connectivity index (χ0) is 21.3. The molecule has 0 fully saturated rings. The van der Waals surface area contributed by atoms with Gasteiger partial charge in [-0.2, -0.15) is 0 Å². The summed E-state index contributed by atoms with van der Waals surface area (Å²) in [4.78, 5) is 25.8. The van der Waals surface area contributed by atoms with E-state index in [-0.39, 0.29) is 29.9 Å². The first kappa shape index (κ1) is 20.0. The number of ether oxygens (including phenoxy) is 3. The predicted molar refractivity (Wildman–Crippen MR) is 112 cm³/mol. The molecule has 0 radical (unpaired) electrons. The summed E-state index contributed by atoms with van der Waals surface area (Å²) in [5.74, 6) is 1.12. The van der Waals surface area contributed by atoms with E-state index in [1.165, 1.54) is 0 Å². The quantitative estimate of drug-likeness (QED) is 0.818. The van der Waals surface area contributed by atoms with Gasteiger partial charge in [0.25, 0.3) is 0 Å². The summed E-state index contributed by atoms with van der Waals surface area (Å²) in [6, 6.07) is 13.6. The van der Waals surface area contributed by atoms with Gasteiger partial charge in [0.2, 0.25) is 11.7 Å². The van der Waals surface area contributed by atoms with Crippen molar-refractivity contribution in [2.75, 3.05) is 21.3 Å². The SMILES string of the molecule is COc1ccc([C@H]2CC(=O)NC3=C2C(=O)C[C@@H](c2ccccc2)C3)c(OC)c1OC. The van der Waals surface area contributed by atoms with Gasteiger partial charge in [-0.1, -0.05) is 36.4 Å². The van der Waals surface area contributed by atoms with Crippen LogP contribution in [0.3, 0.4) is 0 Å². The van der Waals surface area contributed by atoms with Gasteiger partial charge in [0.15, 0.2) is 17.3 Å². The van der Waals surface area contributed by atoms with Crippen LogP contribution in [0.4, 0.5) is 0 Å². The Balaban J connectivity index is 1.79. The van der Waals surface area contributed by atoms with E-state index in [0.29, 0.717) is 35.7 Å². The molecule has 6 nitrogen and oxygen atoms in total. The molecule has 0 saturated heterocycles. The summed E-state index contributed by atoms with van der Waals surface area (Å²) in [5.41, 5.74) is 3.26. The van der Waals surface area contributed by atoms with E-state index < -0.39 is 0 Å². The summed E-state index contributed by atoms with van der Waals surface area (Å²) in [6.07, 6.45) is 1.24. The maximum atomic E-state index is 13.3. The maximum Gasteiger partial charge on any atom is 0.225 e. The fraction of sp³-hybridized carbons (Fsp3) is 0.333. The number of amides is 1. The van der Waals surface area contributed by atoms with Crippen LogP contribution in [0.1, 0.15) is 42.2 Å². The summed E-state index contributed by atoms with van der Waals surface area (Å²) in [7, 11) is 4.64. The van der Waals surface area contributed by atoms with Gasteiger partial charge in [0.1, 0.15) is 0 Å². The van der Waals surface area contributed by atoms with Crippen molar-refractivity contribution in [3.05, 3.63) is 64.9 Å². The van der Waals surface area contributed by atoms with Crippen molar-refractivity contribution >= 4 is 11.7 Å². The van der Waals surface area contributed by atoms with Crippen LogP contribution in [0.2, 0.25) is 0 Å². The number of hydrogen-bond donors (Lipinski definition) is 1. The second-order valence-corrected chi connectivity index (χ2v) is 7.56. The van der Waals surface area contributed by atoms with Crippen molar-refractivity contribution < 1.29 is 23.8 Å². The summed E-state index contributed by atoms with van der Waals surface area (Å²) < 4.78 is 16.5. The Morgan fingerprint density at radius 3 is 2.23 bits per heavy atom. The van der Waals surface area contributed by atoms with Crippen LogP contribution < -0.4 is 19.5 Å². The van der Waals surface area contributed by atoms with Gasteiger partial charge < -0.3 is 19.5 Å². The van der Waals surface area contributed by atoms with Crippen LogP contribution in [0.5, 0.6) is 17.2 Å². The Kier molecular flexibility index (Phi) is 5.48. The molecule has 2 aromatic rings. The number of benzene rings is 2. The van der Waals surface area contributed by atoms with Crippen LogP contribution in [0.25, 0.3) is 0 Å². The molecule has 0 saturated carbocycles. The lowest BCUT2D eigenvalue weighted by Gasteiger charge is -2.35. The van der Waals surface area contributed by atoms with E-state index in [9.17, 15) is 9.59 Å². The summed E-state index contributed by atoms with van der Waals surface area (Å²) >= 11 is 0. The minimum Gasteiger partial charge on any atom is -0.493 e. The van der Waals surface area contributed by atoms with E-state index in [0.717, 1.165) is 16.8 Å². The molecular formula is C24H25NO5. The van der Waals surface area contributed by atoms with Gasteiger partial charge in [-0.3, -0.25) is 9.59 Å². The van der Waals surface area contributed by atoms with Gasteiger partial charge in [-0.15, -0.1) is 0 Å². The van der Waals surface area contributed by atoms with Gasteiger partial charge in [-0.05, 0) is 24.0 Å². The molecule has 4 rings (SSSR count). The van der Waals surface area contributed by atoms with Crippen molar-refractivity contribution in [3.63, 3.8) is 0 Å². The van der Waals surface area contributed by atoms with Gasteiger partial charge in [0.05, 0.1) is 21.3 Å². The Bertz CT molecular complexity index is 1010. The van der Waals surface area contributed by atoms with Crippen LogP contribution in [-0.2, 0) is 9.59 Å². The minimum atomic E-state index is -0.382. The van der Waals surface area contributed by atoms with E-state index in [1.54, 1.807) is 27.4 Å². The zero-order valence-corrected chi connectivity index (χ0v) is 17.4. The highest BCUT2D eigenvalue weighted by molar-refractivity contribution is 6.02. The fourth-order valence-electron chi connectivity index (χ4n) is 4.59. The lowest BCUT2D eigenvalue weighted by molar-refractivity contribution is -0.122. The number of nitrogens with one attached hydrogen (secondary N) is 1. The second-order valence-electron chi connectivity index (χ2n) is 7.56. The first-order valence-corrected chi connectivity index (χ1v) is 9.97. The number of carbonyl (C=O) groups excluding carboxylic acids is 2. The van der Waals surface area contributed by atoms with E-state index in [4.69, 9.17) is 14.2 Å². The van der Waals surface area contributed by atoms with Crippen LogP contribution >= 0.6 is 0 Å². The van der Waals surface area contributed by atoms with Crippen molar-refractivity contribution in [3.8, 4) is 17.2 Å². The molecule has 6 heteroatoms. The van der Waals surface area contributed by atoms with Crippen LogP contribution in [0, 0.1) is 0 Å². The van der Waals surface area contributed by atoms with Crippen molar-refractivity contribution in [2.45, 2.75) is 31.1 Å². The van der Waals surface area contributed by atoms with Gasteiger partial charge >= 0.3 is 0 Å². The van der Waals surface area contributed by atoms with Crippen molar-refractivity contribution in [2.24, 2.45) is 0 Å². The molecular weight excluding hydrogens is 382 g/mol. The average molecular weight is 407 g/mol. The van der Waals surface area contributed by atoms with Crippen molar-refractivity contribution in [1.82, 2.24) is 5.32 Å². The van der Waals surface area contributed by atoms with E-state index in [2.05, 4.69) is 5.32 Å². The molecule has 1 heterocycles. The molecule has 0 spiro atoms. The Morgan fingerprint density at radius 1 is 0.833 bits per heavy atom. The Hall–Kier alpha value is -3.28. The maximum absolute atomic E-state index is 13.3. The number of rotatable bonds is 5. The first-order chi connectivity index (χ1) is 14.6. The lowest BCUT2D eigenvalue weighted by atomic mass is 9.73. The molecule has 2 atom stereocenters. The third kappa shape index (κ3) is 3.43. The molecule has 1 aliphatic carbocycles. The summed E-state index contributed by atoms with van der Waals surface area (Å²) in [6.45, 7) is 0. The monoisotopic (exact) mass is 407 g/mol. The lowest BCUT2D eigenvalue weighted by Crippen LogP contribution is -2.38. The topological polar surface area (TPSA) is 73.9 Å². The highest BCUT2D eigenvalue weighted by Crippen LogP contribution is 2.49. The molecule has 1 N–H and O–H groups in total. The molecule has 1 aliphatic heterocycles. The minimum absolute atomic E-state index is 0.0591. The fourth-order valence-corrected chi connectivity index (χ4v) is 4.59. The number of hydrogen-bond acceptors (Lipinski definition) is 5. The third-order valence-electron chi connectivity index (χ3n) is 5.92. The highest BCUT2D eigenvalue weighted by Gasteiger charge is 2.39. The standard InChI is InChI=1S/C24H25NO5/c1-28-20-10-9-16(23(29-2)24(20)30-3)17-13-21(27)25-18-11-15(12-19(26)22(17)18)14-7-5-4-6-8-14/h4-10,15,17H,11-13H2,1-3H3,(H,25,27)/t15-,17+/m0/s1. The van der Waals surface area contributed by atoms with E-state index >= 15 is 0 Å². The molecule has 0 bridgehead atoms. The smallest absolute Gasteiger partial charge is 0.225 e. The highest BCUT2D eigenvalue weighted by atomic mass is 16.5. The molecule has 156 valence electrons. The number of methoxy groups -OCH3 is 3. The summed E-state index contributed by atoms with van der Waals surface area (Å²) in [5, 5.41) is 2.96. The van der Waals surface area contributed by atoms with Gasteiger partial charge in [0, 0.05) is 35.6 Å². The van der Waals surface area contributed by atoms with E-state index in [1.807, 2.05) is 36.4 Å². The molecule has 1 amide bonds. The van der Waals surface area contributed by atoms with Crippen LogP contribution in [0.15, 0.2) is 53.7 Å². The van der Waals surface area contributed by atoms with Gasteiger partial charge in [-0.25, -0.2) is 0 Å². The molecule has 0 aromatic heterocycles. The second kappa shape index (κ2) is 8.22. The number of allylic oxidation sites excluding steroid dienone is 2. The largest absolute Gasteiger partial charge is 0.493 e. The Labute approximate surface area is 175 Å². The number of Topliss-reactive ketones (excluding diaryl/α,β-unsaturated/α-hetero) is 1.